The van der Waals surface area contributed by atoms with E-state index in [1.807, 2.05) is 0 Å². The normalized spacial score (nSPS) is 29.6. The Hall–Kier alpha value is -1.60. The lowest BCUT2D eigenvalue weighted by atomic mass is 9.80. The molecule has 0 heterocycles. The van der Waals surface area contributed by atoms with E-state index in [0.29, 0.717) is 5.04 Å². The Bertz CT molecular complexity index is 688. The fraction of sp³-hybridized carbons (Fsp3) is 0.417. The molecule has 0 N–H and O–H groups in total. The molecule has 1 aromatic rings. The molecule has 1 saturated carbocycles. The van der Waals surface area contributed by atoms with Gasteiger partial charge in [0.2, 0.25) is 0 Å². The van der Waals surface area contributed by atoms with Crippen molar-refractivity contribution in [2.24, 2.45) is 5.92 Å². The predicted molar refractivity (Wildman–Crippen MR) is 113 cm³/mol. The van der Waals surface area contributed by atoms with E-state index in [2.05, 4.69) is 72.9 Å². The minimum atomic E-state index is -0.248. The molecule has 3 aliphatic carbocycles. The van der Waals surface area contributed by atoms with Crippen molar-refractivity contribution >= 4 is 15.1 Å². The smallest absolute Gasteiger partial charge is 0.0447 e. The van der Waals surface area contributed by atoms with Crippen LogP contribution < -0.4 is 0 Å². The summed E-state index contributed by atoms with van der Waals surface area (Å²) in [6.45, 7) is 0. The van der Waals surface area contributed by atoms with Gasteiger partial charge in [0.05, 0.1) is 0 Å². The van der Waals surface area contributed by atoms with Crippen molar-refractivity contribution in [1.82, 2.24) is 0 Å². The molecule has 0 nitrogen and oxygen atoms in total. The summed E-state index contributed by atoms with van der Waals surface area (Å²) in [5.74, 6) is 0.973. The van der Waals surface area contributed by atoms with Crippen molar-refractivity contribution in [2.75, 3.05) is 0 Å². The lowest BCUT2D eigenvalue weighted by Crippen LogP contribution is -2.25. The summed E-state index contributed by atoms with van der Waals surface area (Å²) in [7, 11) is -0.248. The summed E-state index contributed by atoms with van der Waals surface area (Å²) in [6, 6.07) is 10.9. The molecule has 2 unspecified atom stereocenters. The summed E-state index contributed by atoms with van der Waals surface area (Å²) >= 11 is 0. The third-order valence-corrected chi connectivity index (χ3v) is 8.91. The van der Waals surface area contributed by atoms with Gasteiger partial charge in [-0.1, -0.05) is 105 Å². The van der Waals surface area contributed by atoms with Crippen molar-refractivity contribution in [2.45, 2.75) is 55.5 Å². The number of hydrogen-bond donors (Lipinski definition) is 0. The molecule has 130 valence electrons. The maximum Gasteiger partial charge on any atom is 0.0447 e. The van der Waals surface area contributed by atoms with E-state index in [1.165, 1.54) is 56.1 Å². The van der Waals surface area contributed by atoms with Crippen LogP contribution in [-0.4, -0.2) is 9.52 Å². The third-order valence-electron chi connectivity index (χ3n) is 6.31. The van der Waals surface area contributed by atoms with Gasteiger partial charge in [-0.05, 0) is 40.5 Å². The van der Waals surface area contributed by atoms with E-state index in [-0.39, 0.29) is 9.52 Å². The van der Waals surface area contributed by atoms with Gasteiger partial charge < -0.3 is 0 Å². The quantitative estimate of drug-likeness (QED) is 0.553. The molecule has 0 amide bonds. The van der Waals surface area contributed by atoms with Crippen LogP contribution in [0.25, 0.3) is 5.57 Å². The van der Waals surface area contributed by atoms with E-state index in [9.17, 15) is 0 Å². The monoisotopic (exact) mass is 346 g/mol. The lowest BCUT2D eigenvalue weighted by molar-refractivity contribution is 0.313. The van der Waals surface area contributed by atoms with Crippen molar-refractivity contribution in [3.8, 4) is 0 Å². The number of benzene rings is 1. The fourth-order valence-corrected chi connectivity index (χ4v) is 7.81. The molecule has 0 aliphatic heterocycles. The van der Waals surface area contributed by atoms with Crippen molar-refractivity contribution in [1.29, 1.82) is 0 Å². The first-order chi connectivity index (χ1) is 12.3. The van der Waals surface area contributed by atoms with Gasteiger partial charge in [0, 0.05) is 9.52 Å². The highest BCUT2D eigenvalue weighted by atomic mass is 28.2. The van der Waals surface area contributed by atoms with Gasteiger partial charge in [0.15, 0.2) is 0 Å². The van der Waals surface area contributed by atoms with Crippen LogP contribution in [0.1, 0.15) is 50.5 Å². The Morgan fingerprint density at radius 1 is 1.00 bits per heavy atom. The van der Waals surface area contributed by atoms with E-state index >= 15 is 0 Å². The molecule has 0 spiro atoms. The summed E-state index contributed by atoms with van der Waals surface area (Å²) in [5.41, 5.74) is 3.52. The topological polar surface area (TPSA) is 0 Å². The van der Waals surface area contributed by atoms with Crippen LogP contribution in [0.5, 0.6) is 0 Å². The Labute approximate surface area is 155 Å². The second-order valence-corrected chi connectivity index (χ2v) is 11.0. The molecule has 25 heavy (non-hydrogen) atoms. The van der Waals surface area contributed by atoms with Crippen LogP contribution in [0.3, 0.4) is 0 Å². The van der Waals surface area contributed by atoms with Crippen molar-refractivity contribution < 1.29 is 0 Å². The number of hydrogen-bond acceptors (Lipinski definition) is 0. The largest absolute Gasteiger partial charge is 0.0840 e. The average Bonchev–Trinajstić information content (AvgIpc) is 3.12. The van der Waals surface area contributed by atoms with Crippen LogP contribution in [0.2, 0.25) is 10.6 Å². The fourth-order valence-electron chi connectivity index (χ4n) is 5.05. The van der Waals surface area contributed by atoms with Crippen LogP contribution in [0, 0.1) is 5.92 Å². The Kier molecular flexibility index (Phi) is 5.21. The number of allylic oxidation sites excluding steroid dienone is 8. The molecule has 1 heteroatoms. The SMILES string of the molecule is C1=CCC(CC2CCCCC2)([SiH2]C2C=CC(c3ccccc3)=C2)C=C1. The Balaban J connectivity index is 1.48. The maximum atomic E-state index is 2.59. The van der Waals surface area contributed by atoms with Gasteiger partial charge in [0.1, 0.15) is 0 Å². The van der Waals surface area contributed by atoms with Gasteiger partial charge >= 0.3 is 0 Å². The van der Waals surface area contributed by atoms with E-state index in [0.717, 1.165) is 11.5 Å². The molecule has 0 aromatic heterocycles. The van der Waals surface area contributed by atoms with Gasteiger partial charge in [-0.2, -0.15) is 0 Å². The predicted octanol–water partition coefficient (Wildman–Crippen LogP) is 6.24. The third kappa shape index (κ3) is 4.15. The minimum Gasteiger partial charge on any atom is -0.0840 e. The first kappa shape index (κ1) is 16.8. The van der Waals surface area contributed by atoms with Crippen LogP contribution in [0.4, 0.5) is 0 Å². The zero-order valence-corrected chi connectivity index (χ0v) is 16.7. The molecule has 4 rings (SSSR count). The second-order valence-electron chi connectivity index (χ2n) is 8.28. The molecule has 3 aliphatic rings. The zero-order chi connectivity index (χ0) is 17.0. The first-order valence-electron chi connectivity index (χ1n) is 10.1. The van der Waals surface area contributed by atoms with Crippen molar-refractivity contribution in [3.05, 3.63) is 78.4 Å². The maximum absolute atomic E-state index is 2.59. The first-order valence-corrected chi connectivity index (χ1v) is 11.7. The van der Waals surface area contributed by atoms with E-state index in [4.69, 9.17) is 0 Å². The van der Waals surface area contributed by atoms with Gasteiger partial charge in [0.25, 0.3) is 0 Å². The standard InChI is InChI=1S/C24H30Si/c1-4-10-20(11-5-1)19-24(16-8-3-9-17-24)25-23-15-14-22(18-23)21-12-6-2-7-13-21/h2-3,6-9,12-16,18,20,23H,1,4-5,10-11,17,19,25H2. The zero-order valence-electron chi connectivity index (χ0n) is 15.2. The highest BCUT2D eigenvalue weighted by Crippen LogP contribution is 2.48. The molecule has 0 saturated heterocycles. The molecule has 0 radical (unpaired) electrons. The van der Waals surface area contributed by atoms with Gasteiger partial charge in [-0.25, -0.2) is 0 Å². The minimum absolute atomic E-state index is 0.248. The molecule has 1 aromatic carbocycles. The summed E-state index contributed by atoms with van der Waals surface area (Å²) in [4.78, 5) is 0. The van der Waals surface area contributed by atoms with E-state index < -0.39 is 0 Å². The molecule has 1 fully saturated rings. The Morgan fingerprint density at radius 2 is 1.84 bits per heavy atom. The van der Waals surface area contributed by atoms with Gasteiger partial charge in [-0.15, -0.1) is 0 Å². The highest BCUT2D eigenvalue weighted by Gasteiger charge is 2.33. The second kappa shape index (κ2) is 7.74. The summed E-state index contributed by atoms with van der Waals surface area (Å²) < 4.78 is 0. The molecular weight excluding hydrogens is 316 g/mol. The molecule has 2 atom stereocenters. The highest BCUT2D eigenvalue weighted by molar-refractivity contribution is 6.45. The van der Waals surface area contributed by atoms with E-state index in [1.54, 1.807) is 0 Å². The van der Waals surface area contributed by atoms with Gasteiger partial charge in [-0.3, -0.25) is 0 Å². The number of rotatable bonds is 5. The average molecular weight is 347 g/mol. The van der Waals surface area contributed by atoms with Crippen molar-refractivity contribution in [3.63, 3.8) is 0 Å². The summed E-state index contributed by atoms with van der Waals surface area (Å²) in [5, 5.41) is 0.508. The molecule has 0 bridgehead atoms. The Morgan fingerprint density at radius 3 is 2.60 bits per heavy atom. The molecular formula is C24H30Si. The van der Waals surface area contributed by atoms with Crippen LogP contribution in [-0.2, 0) is 0 Å². The summed E-state index contributed by atoms with van der Waals surface area (Å²) in [6.07, 6.45) is 27.1. The lowest BCUT2D eigenvalue weighted by Gasteiger charge is -2.37. The van der Waals surface area contributed by atoms with Crippen LogP contribution in [0.15, 0.2) is 72.9 Å². The van der Waals surface area contributed by atoms with Crippen LogP contribution >= 0.6 is 0 Å².